The molecule has 0 spiro atoms. The minimum absolute atomic E-state index is 0.262. The maximum Gasteiger partial charge on any atom is 0.240 e. The molecule has 0 fully saturated rings. The van der Waals surface area contributed by atoms with Crippen LogP contribution in [0.4, 0.5) is 5.69 Å². The van der Waals surface area contributed by atoms with Crippen molar-refractivity contribution in [2.45, 2.75) is 12.8 Å². The van der Waals surface area contributed by atoms with Crippen LogP contribution in [0.15, 0.2) is 53.0 Å². The summed E-state index contributed by atoms with van der Waals surface area (Å²) < 4.78 is 25.9. The number of rotatable bonds is 8. The fraction of sp³-hybridized carbons (Fsp3) is 0.278. The number of carbonyl (C=O) groups excluding carboxylic acids is 1. The molecule has 0 saturated heterocycles. The Kier molecular flexibility index (Phi) is 7.49. The van der Waals surface area contributed by atoms with Gasteiger partial charge in [-0.15, -0.1) is 0 Å². The number of para-hydroxylation sites is 1. The number of hydrogen-bond acceptors (Lipinski definition) is 3. The molecule has 0 radical (unpaired) electrons. The first kappa shape index (κ1) is 20.7. The van der Waals surface area contributed by atoms with Gasteiger partial charge in [-0.3, -0.25) is 9.10 Å². The minimum Gasteiger partial charge on any atom is -0.355 e. The Morgan fingerprint density at radius 2 is 1.81 bits per heavy atom. The molecular weight excluding hydrogens is 440 g/mol. The maximum atomic E-state index is 12.2. The molecule has 2 aromatic carbocycles. The first-order valence-electron chi connectivity index (χ1n) is 8.01. The first-order chi connectivity index (χ1) is 12.3. The average molecular weight is 460 g/mol. The number of nitrogens with zero attached hydrogens (tertiary/aromatic N) is 1. The van der Waals surface area contributed by atoms with Crippen molar-refractivity contribution in [3.8, 4) is 0 Å². The van der Waals surface area contributed by atoms with Crippen molar-refractivity contribution in [3.63, 3.8) is 0 Å². The maximum absolute atomic E-state index is 12.2. The van der Waals surface area contributed by atoms with Gasteiger partial charge in [0.25, 0.3) is 0 Å². The third-order valence-corrected chi connectivity index (χ3v) is 5.74. The van der Waals surface area contributed by atoms with Gasteiger partial charge in [-0.25, -0.2) is 8.42 Å². The summed E-state index contributed by atoms with van der Waals surface area (Å²) in [7, 11) is -3.58. The molecule has 0 aliphatic heterocycles. The lowest BCUT2D eigenvalue weighted by Gasteiger charge is -2.23. The smallest absolute Gasteiger partial charge is 0.240 e. The van der Waals surface area contributed by atoms with E-state index in [1.165, 1.54) is 0 Å². The number of sulfonamides is 1. The van der Waals surface area contributed by atoms with E-state index in [-0.39, 0.29) is 12.5 Å². The van der Waals surface area contributed by atoms with Crippen LogP contribution in [-0.2, 0) is 21.2 Å². The van der Waals surface area contributed by atoms with Crippen LogP contribution in [0.1, 0.15) is 12.0 Å². The molecule has 2 aromatic rings. The number of carbonyl (C=O) groups is 1. The molecule has 0 atom stereocenters. The Bertz CT molecular complexity index is 857. The second kappa shape index (κ2) is 9.39. The van der Waals surface area contributed by atoms with Crippen LogP contribution in [0.3, 0.4) is 0 Å². The number of anilines is 1. The van der Waals surface area contributed by atoms with Gasteiger partial charge in [0.05, 0.1) is 11.9 Å². The summed E-state index contributed by atoms with van der Waals surface area (Å²) in [6.45, 7) is 0.206. The minimum atomic E-state index is -3.58. The highest BCUT2D eigenvalue weighted by molar-refractivity contribution is 9.10. The molecule has 0 unspecified atom stereocenters. The van der Waals surface area contributed by atoms with Crippen molar-refractivity contribution < 1.29 is 13.2 Å². The zero-order valence-corrected chi connectivity index (χ0v) is 17.4. The van der Waals surface area contributed by atoms with Crippen LogP contribution < -0.4 is 9.62 Å². The standard InChI is InChI=1S/C18H20BrClN2O3S/c1-26(24,25)22(17-7-3-2-6-16(17)19)13-18(23)21-12-4-5-14-8-10-15(20)11-9-14/h2-3,6-11H,4-5,12-13H2,1H3,(H,21,23). The molecule has 140 valence electrons. The number of halogens is 2. The molecule has 5 nitrogen and oxygen atoms in total. The van der Waals surface area contributed by atoms with E-state index in [1.54, 1.807) is 24.3 Å². The zero-order chi connectivity index (χ0) is 19.2. The molecule has 0 aromatic heterocycles. The molecule has 0 aliphatic carbocycles. The lowest BCUT2D eigenvalue weighted by atomic mass is 10.1. The molecule has 1 N–H and O–H groups in total. The van der Waals surface area contributed by atoms with Gasteiger partial charge in [-0.05, 0) is 58.6 Å². The number of aryl methyl sites for hydroxylation is 1. The number of amides is 1. The highest BCUT2D eigenvalue weighted by Gasteiger charge is 2.22. The lowest BCUT2D eigenvalue weighted by molar-refractivity contribution is -0.119. The second-order valence-electron chi connectivity index (χ2n) is 5.80. The van der Waals surface area contributed by atoms with Crippen LogP contribution >= 0.6 is 27.5 Å². The predicted octanol–water partition coefficient (Wildman–Crippen LogP) is 3.62. The van der Waals surface area contributed by atoms with E-state index < -0.39 is 10.0 Å². The van der Waals surface area contributed by atoms with Crippen molar-refractivity contribution >= 4 is 49.1 Å². The quantitative estimate of drug-likeness (QED) is 0.613. The average Bonchev–Trinajstić information content (AvgIpc) is 2.58. The van der Waals surface area contributed by atoms with Crippen LogP contribution in [-0.4, -0.2) is 33.7 Å². The summed E-state index contributed by atoms with van der Waals surface area (Å²) in [4.78, 5) is 12.2. The Morgan fingerprint density at radius 1 is 1.15 bits per heavy atom. The van der Waals surface area contributed by atoms with Crippen LogP contribution in [0.25, 0.3) is 0 Å². The first-order valence-corrected chi connectivity index (χ1v) is 11.0. The van der Waals surface area contributed by atoms with Gasteiger partial charge in [-0.2, -0.15) is 0 Å². The van der Waals surface area contributed by atoms with Gasteiger partial charge in [-0.1, -0.05) is 35.9 Å². The SMILES string of the molecule is CS(=O)(=O)N(CC(=O)NCCCc1ccc(Cl)cc1)c1ccccc1Br. The van der Waals surface area contributed by atoms with Gasteiger partial charge in [0.2, 0.25) is 15.9 Å². The summed E-state index contributed by atoms with van der Waals surface area (Å²) in [6, 6.07) is 14.4. The summed E-state index contributed by atoms with van der Waals surface area (Å²) in [5.41, 5.74) is 1.57. The largest absolute Gasteiger partial charge is 0.355 e. The Hall–Kier alpha value is -1.57. The summed E-state index contributed by atoms with van der Waals surface area (Å²) in [5, 5.41) is 3.46. The molecule has 0 bridgehead atoms. The van der Waals surface area contributed by atoms with E-state index in [2.05, 4.69) is 21.2 Å². The lowest BCUT2D eigenvalue weighted by Crippen LogP contribution is -2.40. The predicted molar refractivity (Wildman–Crippen MR) is 109 cm³/mol. The van der Waals surface area contributed by atoms with E-state index in [9.17, 15) is 13.2 Å². The van der Waals surface area contributed by atoms with Crippen molar-refractivity contribution in [3.05, 3.63) is 63.6 Å². The van der Waals surface area contributed by atoms with E-state index in [1.807, 2.05) is 24.3 Å². The molecule has 0 heterocycles. The fourth-order valence-electron chi connectivity index (χ4n) is 2.39. The van der Waals surface area contributed by atoms with Gasteiger partial charge in [0.15, 0.2) is 0 Å². The van der Waals surface area contributed by atoms with E-state index in [0.29, 0.717) is 21.7 Å². The van der Waals surface area contributed by atoms with Crippen molar-refractivity contribution in [1.82, 2.24) is 5.32 Å². The van der Waals surface area contributed by atoms with Gasteiger partial charge >= 0.3 is 0 Å². The molecular formula is C18H20BrClN2O3S. The van der Waals surface area contributed by atoms with Crippen LogP contribution in [0.2, 0.25) is 5.02 Å². The van der Waals surface area contributed by atoms with Crippen molar-refractivity contribution in [2.75, 3.05) is 23.7 Å². The van der Waals surface area contributed by atoms with Crippen LogP contribution in [0, 0.1) is 0 Å². The number of benzene rings is 2. The number of hydrogen-bond donors (Lipinski definition) is 1. The summed E-state index contributed by atoms with van der Waals surface area (Å²) >= 11 is 9.17. The van der Waals surface area contributed by atoms with E-state index >= 15 is 0 Å². The van der Waals surface area contributed by atoms with Gasteiger partial charge < -0.3 is 5.32 Å². The van der Waals surface area contributed by atoms with Crippen molar-refractivity contribution in [2.24, 2.45) is 0 Å². The third-order valence-electron chi connectivity index (χ3n) is 3.69. The number of nitrogens with one attached hydrogen (secondary N) is 1. The molecule has 2 rings (SSSR count). The Balaban J connectivity index is 1.89. The topological polar surface area (TPSA) is 66.5 Å². The molecule has 26 heavy (non-hydrogen) atoms. The normalized spacial score (nSPS) is 11.2. The Labute approximate surface area is 167 Å². The van der Waals surface area contributed by atoms with E-state index in [0.717, 1.165) is 29.0 Å². The van der Waals surface area contributed by atoms with Crippen molar-refractivity contribution in [1.29, 1.82) is 0 Å². The summed E-state index contributed by atoms with van der Waals surface area (Å²) in [6.07, 6.45) is 2.64. The fourth-order valence-corrected chi connectivity index (χ4v) is 4.00. The van der Waals surface area contributed by atoms with Crippen LogP contribution in [0.5, 0.6) is 0 Å². The molecule has 0 saturated carbocycles. The second-order valence-corrected chi connectivity index (χ2v) is 9.00. The molecule has 8 heteroatoms. The summed E-state index contributed by atoms with van der Waals surface area (Å²) in [5.74, 6) is -0.345. The zero-order valence-electron chi connectivity index (χ0n) is 14.3. The third kappa shape index (κ3) is 6.30. The van der Waals surface area contributed by atoms with Gasteiger partial charge in [0, 0.05) is 16.0 Å². The molecule has 0 aliphatic rings. The Morgan fingerprint density at radius 3 is 2.42 bits per heavy atom. The monoisotopic (exact) mass is 458 g/mol. The van der Waals surface area contributed by atoms with Gasteiger partial charge in [0.1, 0.15) is 6.54 Å². The highest BCUT2D eigenvalue weighted by atomic mass is 79.9. The molecule has 1 amide bonds. The highest BCUT2D eigenvalue weighted by Crippen LogP contribution is 2.27. The van der Waals surface area contributed by atoms with E-state index in [4.69, 9.17) is 11.6 Å².